The summed E-state index contributed by atoms with van der Waals surface area (Å²) in [5, 5.41) is 3.31. The molecule has 0 amide bonds. The van der Waals surface area contributed by atoms with Gasteiger partial charge < -0.3 is 10.1 Å². The molecule has 1 N–H and O–H groups in total. The lowest BCUT2D eigenvalue weighted by Crippen LogP contribution is -2.08. The second-order valence-electron chi connectivity index (χ2n) is 4.25. The Morgan fingerprint density at radius 3 is 2.62 bits per heavy atom. The Labute approximate surface area is 125 Å². The number of methoxy groups -OCH3 is 1. The molecule has 0 aliphatic rings. The van der Waals surface area contributed by atoms with Crippen molar-refractivity contribution in [1.29, 1.82) is 0 Å². The molecule has 110 valence electrons. The highest BCUT2D eigenvalue weighted by molar-refractivity contribution is 6.31. The number of benzene rings is 2. The van der Waals surface area contributed by atoms with Crippen molar-refractivity contribution < 1.29 is 18.3 Å². The summed E-state index contributed by atoms with van der Waals surface area (Å²) in [7, 11) is 1.13. The van der Waals surface area contributed by atoms with Crippen molar-refractivity contribution in [3.8, 4) is 0 Å². The fourth-order valence-electron chi connectivity index (χ4n) is 1.78. The van der Waals surface area contributed by atoms with E-state index in [4.69, 9.17) is 11.6 Å². The van der Waals surface area contributed by atoms with Crippen LogP contribution in [0.2, 0.25) is 5.02 Å². The second kappa shape index (κ2) is 6.54. The Bertz CT molecular complexity index is 677. The third kappa shape index (κ3) is 3.49. The number of halogens is 3. The summed E-state index contributed by atoms with van der Waals surface area (Å²) in [5.74, 6) is -2.64. The number of nitrogens with one attached hydrogen (secondary N) is 1. The van der Waals surface area contributed by atoms with Gasteiger partial charge in [-0.3, -0.25) is 0 Å². The Kier molecular flexibility index (Phi) is 4.75. The van der Waals surface area contributed by atoms with Gasteiger partial charge in [0.15, 0.2) is 0 Å². The SMILES string of the molecule is COC(=O)c1cc(NCc2ccccc2Cl)c(F)cc1F. The van der Waals surface area contributed by atoms with Gasteiger partial charge in [0, 0.05) is 17.6 Å². The third-order valence-corrected chi connectivity index (χ3v) is 3.26. The molecule has 3 nitrogen and oxygen atoms in total. The number of anilines is 1. The van der Waals surface area contributed by atoms with Crippen molar-refractivity contribution >= 4 is 23.3 Å². The van der Waals surface area contributed by atoms with Crippen LogP contribution in [-0.4, -0.2) is 13.1 Å². The van der Waals surface area contributed by atoms with Crippen molar-refractivity contribution in [2.24, 2.45) is 0 Å². The van der Waals surface area contributed by atoms with Gasteiger partial charge in [-0.1, -0.05) is 29.8 Å². The molecule has 0 spiro atoms. The molecule has 0 atom stereocenters. The van der Waals surface area contributed by atoms with Gasteiger partial charge in [0.1, 0.15) is 11.6 Å². The van der Waals surface area contributed by atoms with Crippen molar-refractivity contribution in [2.45, 2.75) is 6.54 Å². The molecule has 0 radical (unpaired) electrons. The number of carbonyl (C=O) groups is 1. The Balaban J connectivity index is 2.24. The number of esters is 1. The molecule has 0 saturated heterocycles. The summed E-state index contributed by atoms with van der Waals surface area (Å²) in [6, 6.07) is 8.77. The van der Waals surface area contributed by atoms with Crippen LogP contribution in [-0.2, 0) is 11.3 Å². The molecular formula is C15H12ClF2NO2. The van der Waals surface area contributed by atoms with E-state index in [0.717, 1.165) is 18.7 Å². The van der Waals surface area contributed by atoms with E-state index >= 15 is 0 Å². The van der Waals surface area contributed by atoms with Gasteiger partial charge in [0.05, 0.1) is 18.4 Å². The van der Waals surface area contributed by atoms with Crippen molar-refractivity contribution in [3.05, 3.63) is 64.2 Å². The number of carbonyl (C=O) groups excluding carboxylic acids is 1. The summed E-state index contributed by atoms with van der Waals surface area (Å²) >= 11 is 5.99. The number of hydrogen-bond donors (Lipinski definition) is 1. The summed E-state index contributed by atoms with van der Waals surface area (Å²) < 4.78 is 31.7. The van der Waals surface area contributed by atoms with Crippen molar-refractivity contribution in [1.82, 2.24) is 0 Å². The van der Waals surface area contributed by atoms with Crippen molar-refractivity contribution in [3.63, 3.8) is 0 Å². The summed E-state index contributed by atoms with van der Waals surface area (Å²) in [5.41, 5.74) is 0.416. The average Bonchev–Trinajstić information content (AvgIpc) is 2.47. The molecule has 6 heteroatoms. The molecule has 2 aromatic carbocycles. The van der Waals surface area contributed by atoms with Gasteiger partial charge in [0.2, 0.25) is 0 Å². The first kappa shape index (κ1) is 15.3. The van der Waals surface area contributed by atoms with Crippen LogP contribution in [0.3, 0.4) is 0 Å². The summed E-state index contributed by atoms with van der Waals surface area (Å²) in [4.78, 5) is 11.4. The minimum absolute atomic E-state index is 0.00304. The number of ether oxygens (including phenoxy) is 1. The van der Waals surface area contributed by atoms with E-state index in [2.05, 4.69) is 10.1 Å². The van der Waals surface area contributed by atoms with E-state index in [1.807, 2.05) is 0 Å². The molecule has 0 aliphatic carbocycles. The van der Waals surface area contributed by atoms with Crippen LogP contribution in [0.15, 0.2) is 36.4 Å². The maximum atomic E-state index is 13.7. The lowest BCUT2D eigenvalue weighted by molar-refractivity contribution is 0.0595. The summed E-state index contributed by atoms with van der Waals surface area (Å²) in [6.45, 7) is 0.239. The molecule has 0 heterocycles. The van der Waals surface area contributed by atoms with Gasteiger partial charge in [-0.05, 0) is 17.7 Å². The standard InChI is InChI=1S/C15H12ClF2NO2/c1-21-15(20)10-6-14(13(18)7-12(10)17)19-8-9-4-2-3-5-11(9)16/h2-7,19H,8H2,1H3. The van der Waals surface area contributed by atoms with Crippen LogP contribution in [0.4, 0.5) is 14.5 Å². The quantitative estimate of drug-likeness (QED) is 0.867. The zero-order valence-corrected chi connectivity index (χ0v) is 11.9. The number of rotatable bonds is 4. The molecule has 21 heavy (non-hydrogen) atoms. The molecular weight excluding hydrogens is 300 g/mol. The van der Waals surface area contributed by atoms with E-state index in [9.17, 15) is 13.6 Å². The predicted molar refractivity (Wildman–Crippen MR) is 76.5 cm³/mol. The lowest BCUT2D eigenvalue weighted by Gasteiger charge is -2.11. The summed E-state index contributed by atoms with van der Waals surface area (Å²) in [6.07, 6.45) is 0. The molecule has 0 unspecified atom stereocenters. The lowest BCUT2D eigenvalue weighted by atomic mass is 10.1. The first-order valence-corrected chi connectivity index (χ1v) is 6.45. The minimum Gasteiger partial charge on any atom is -0.465 e. The minimum atomic E-state index is -0.970. The van der Waals surface area contributed by atoms with Crippen molar-refractivity contribution in [2.75, 3.05) is 12.4 Å². The smallest absolute Gasteiger partial charge is 0.340 e. The predicted octanol–water partition coefficient (Wildman–Crippen LogP) is 4.02. The zero-order chi connectivity index (χ0) is 15.4. The maximum absolute atomic E-state index is 13.7. The first-order chi connectivity index (χ1) is 10.0. The van der Waals surface area contributed by atoms with E-state index < -0.39 is 17.6 Å². The fourth-order valence-corrected chi connectivity index (χ4v) is 1.99. The van der Waals surface area contributed by atoms with Crippen LogP contribution >= 0.6 is 11.6 Å². The molecule has 2 aromatic rings. The Morgan fingerprint density at radius 2 is 1.95 bits per heavy atom. The monoisotopic (exact) mass is 311 g/mol. The van der Waals surface area contributed by atoms with Crippen LogP contribution in [0, 0.1) is 11.6 Å². The Hall–Kier alpha value is -2.14. The topological polar surface area (TPSA) is 38.3 Å². The molecule has 2 rings (SSSR count). The number of hydrogen-bond acceptors (Lipinski definition) is 3. The largest absolute Gasteiger partial charge is 0.465 e. The normalized spacial score (nSPS) is 10.3. The van der Waals surface area contributed by atoms with E-state index in [-0.39, 0.29) is 17.8 Å². The molecule has 0 aromatic heterocycles. The molecule has 0 bridgehead atoms. The third-order valence-electron chi connectivity index (χ3n) is 2.89. The van der Waals surface area contributed by atoms with E-state index in [1.54, 1.807) is 24.3 Å². The first-order valence-electron chi connectivity index (χ1n) is 6.07. The van der Waals surface area contributed by atoms with E-state index in [1.165, 1.54) is 0 Å². The Morgan fingerprint density at radius 1 is 1.24 bits per heavy atom. The highest BCUT2D eigenvalue weighted by Crippen LogP contribution is 2.22. The molecule has 0 aliphatic heterocycles. The van der Waals surface area contributed by atoms with Crippen LogP contribution in [0.1, 0.15) is 15.9 Å². The van der Waals surface area contributed by atoms with Gasteiger partial charge >= 0.3 is 5.97 Å². The average molecular weight is 312 g/mol. The van der Waals surface area contributed by atoms with Gasteiger partial charge in [0.25, 0.3) is 0 Å². The molecule has 0 fully saturated rings. The maximum Gasteiger partial charge on any atom is 0.340 e. The van der Waals surface area contributed by atoms with Crippen LogP contribution in [0.25, 0.3) is 0 Å². The second-order valence-corrected chi connectivity index (χ2v) is 4.66. The highest BCUT2D eigenvalue weighted by Gasteiger charge is 2.16. The highest BCUT2D eigenvalue weighted by atomic mass is 35.5. The van der Waals surface area contributed by atoms with Gasteiger partial charge in [-0.2, -0.15) is 0 Å². The fraction of sp³-hybridized carbons (Fsp3) is 0.133. The zero-order valence-electron chi connectivity index (χ0n) is 11.1. The molecule has 0 saturated carbocycles. The van der Waals surface area contributed by atoms with Gasteiger partial charge in [-0.15, -0.1) is 0 Å². The van der Waals surface area contributed by atoms with E-state index in [0.29, 0.717) is 11.1 Å². The van der Waals surface area contributed by atoms with Crippen LogP contribution in [0.5, 0.6) is 0 Å². The van der Waals surface area contributed by atoms with Gasteiger partial charge in [-0.25, -0.2) is 13.6 Å². The van der Waals surface area contributed by atoms with Crippen LogP contribution < -0.4 is 5.32 Å².